The van der Waals surface area contributed by atoms with Crippen LogP contribution < -0.4 is 5.32 Å². The lowest BCUT2D eigenvalue weighted by Gasteiger charge is -2.21. The topological polar surface area (TPSA) is 74.7 Å². The molecule has 1 fully saturated rings. The van der Waals surface area contributed by atoms with Crippen molar-refractivity contribution < 1.29 is 14.6 Å². The molecule has 1 unspecified atom stereocenters. The number of carbonyl (C=O) groups is 1. The van der Waals surface area contributed by atoms with E-state index in [1.807, 2.05) is 18.2 Å². The third kappa shape index (κ3) is 3.59. The molecule has 98 valence electrons. The van der Waals surface area contributed by atoms with E-state index in [0.717, 1.165) is 12.2 Å². The van der Waals surface area contributed by atoms with Crippen LogP contribution >= 0.6 is 0 Å². The molecule has 1 aromatic rings. The van der Waals surface area contributed by atoms with Gasteiger partial charge < -0.3 is 20.1 Å². The van der Waals surface area contributed by atoms with Gasteiger partial charge in [0.25, 0.3) is 0 Å². The van der Waals surface area contributed by atoms with Crippen molar-refractivity contribution in [1.82, 2.24) is 9.88 Å². The van der Waals surface area contributed by atoms with E-state index in [1.165, 1.54) is 4.90 Å². The number of ether oxygens (including phenoxy) is 1. The Hall–Kier alpha value is -1.82. The zero-order valence-electron chi connectivity index (χ0n) is 10.1. The molecule has 1 aromatic heterocycles. The first-order chi connectivity index (χ1) is 8.75. The van der Waals surface area contributed by atoms with Gasteiger partial charge in [0.15, 0.2) is 0 Å². The van der Waals surface area contributed by atoms with E-state index in [1.54, 1.807) is 6.20 Å². The maximum absolute atomic E-state index is 11.0. The molecule has 6 nitrogen and oxygen atoms in total. The van der Waals surface area contributed by atoms with E-state index >= 15 is 0 Å². The standard InChI is InChI=1S/C12H17N3O3/c16-12(17)15-6-3-7-18-10(9-15)8-14-11-4-1-2-5-13-11/h1-2,4-5,10H,3,6-9H2,(H,13,14)(H,16,17). The maximum atomic E-state index is 11.0. The summed E-state index contributed by atoms with van der Waals surface area (Å²) in [5, 5.41) is 12.1. The third-order valence-electron chi connectivity index (χ3n) is 2.80. The number of nitrogens with one attached hydrogen (secondary N) is 1. The largest absolute Gasteiger partial charge is 0.465 e. The highest BCUT2D eigenvalue weighted by atomic mass is 16.5. The minimum atomic E-state index is -0.886. The van der Waals surface area contributed by atoms with E-state index in [9.17, 15) is 4.79 Å². The molecule has 1 atom stereocenters. The van der Waals surface area contributed by atoms with Gasteiger partial charge in [-0.25, -0.2) is 9.78 Å². The van der Waals surface area contributed by atoms with Gasteiger partial charge in [-0.05, 0) is 18.6 Å². The number of rotatable bonds is 3. The van der Waals surface area contributed by atoms with E-state index in [-0.39, 0.29) is 6.10 Å². The van der Waals surface area contributed by atoms with Crippen LogP contribution in [0.5, 0.6) is 0 Å². The second kappa shape index (κ2) is 6.20. The van der Waals surface area contributed by atoms with Crippen molar-refractivity contribution >= 4 is 11.9 Å². The molecule has 2 rings (SSSR count). The highest BCUT2D eigenvalue weighted by Crippen LogP contribution is 2.08. The lowest BCUT2D eigenvalue weighted by molar-refractivity contribution is 0.0624. The van der Waals surface area contributed by atoms with E-state index in [0.29, 0.717) is 26.2 Å². The zero-order chi connectivity index (χ0) is 12.8. The maximum Gasteiger partial charge on any atom is 0.407 e. The number of amides is 1. The Morgan fingerprint density at radius 3 is 3.22 bits per heavy atom. The molecule has 18 heavy (non-hydrogen) atoms. The minimum Gasteiger partial charge on any atom is -0.465 e. The molecule has 0 aliphatic carbocycles. The van der Waals surface area contributed by atoms with Gasteiger partial charge in [0.05, 0.1) is 12.6 Å². The fourth-order valence-corrected chi connectivity index (χ4v) is 1.88. The summed E-state index contributed by atoms with van der Waals surface area (Å²) in [5.41, 5.74) is 0. The van der Waals surface area contributed by atoms with Crippen LogP contribution in [0, 0.1) is 0 Å². The van der Waals surface area contributed by atoms with E-state index in [2.05, 4.69) is 10.3 Å². The van der Waals surface area contributed by atoms with Gasteiger partial charge in [-0.1, -0.05) is 6.07 Å². The van der Waals surface area contributed by atoms with E-state index < -0.39 is 6.09 Å². The van der Waals surface area contributed by atoms with Crippen LogP contribution in [0.4, 0.5) is 10.6 Å². The molecule has 1 saturated heterocycles. The number of hydrogen-bond acceptors (Lipinski definition) is 4. The summed E-state index contributed by atoms with van der Waals surface area (Å²) in [6, 6.07) is 5.61. The van der Waals surface area contributed by atoms with Gasteiger partial charge in [0.1, 0.15) is 5.82 Å². The number of carboxylic acid groups (broad SMARTS) is 1. The number of pyridine rings is 1. The zero-order valence-corrected chi connectivity index (χ0v) is 10.1. The van der Waals surface area contributed by atoms with Crippen molar-refractivity contribution in [2.45, 2.75) is 12.5 Å². The first kappa shape index (κ1) is 12.6. The summed E-state index contributed by atoms with van der Waals surface area (Å²) in [6.45, 7) is 2.09. The summed E-state index contributed by atoms with van der Waals surface area (Å²) in [4.78, 5) is 16.5. The molecular weight excluding hydrogens is 234 g/mol. The first-order valence-corrected chi connectivity index (χ1v) is 6.00. The monoisotopic (exact) mass is 251 g/mol. The van der Waals surface area contributed by atoms with Crippen LogP contribution in [-0.4, -0.2) is 53.4 Å². The van der Waals surface area contributed by atoms with Crippen molar-refractivity contribution in [3.63, 3.8) is 0 Å². The Labute approximate surface area is 106 Å². The lowest BCUT2D eigenvalue weighted by Crippen LogP contribution is -2.38. The molecule has 0 radical (unpaired) electrons. The van der Waals surface area contributed by atoms with Gasteiger partial charge >= 0.3 is 6.09 Å². The van der Waals surface area contributed by atoms with Crippen LogP contribution in [0.2, 0.25) is 0 Å². The Morgan fingerprint density at radius 1 is 1.61 bits per heavy atom. The number of aromatic nitrogens is 1. The number of nitrogens with zero attached hydrogens (tertiary/aromatic N) is 2. The average Bonchev–Trinajstić information content (AvgIpc) is 2.63. The first-order valence-electron chi connectivity index (χ1n) is 6.00. The SMILES string of the molecule is O=C(O)N1CCCOC(CNc2ccccn2)C1. The highest BCUT2D eigenvalue weighted by molar-refractivity contribution is 5.65. The van der Waals surface area contributed by atoms with Crippen molar-refractivity contribution in [2.24, 2.45) is 0 Å². The third-order valence-corrected chi connectivity index (χ3v) is 2.80. The summed E-state index contributed by atoms with van der Waals surface area (Å²) < 4.78 is 5.61. The molecule has 2 N–H and O–H groups in total. The fourth-order valence-electron chi connectivity index (χ4n) is 1.88. The molecule has 1 aliphatic rings. The molecule has 6 heteroatoms. The fraction of sp³-hybridized carbons (Fsp3) is 0.500. The Balaban J connectivity index is 1.86. The minimum absolute atomic E-state index is 0.134. The van der Waals surface area contributed by atoms with Crippen molar-refractivity contribution in [1.29, 1.82) is 0 Å². The van der Waals surface area contributed by atoms with Gasteiger partial charge in [-0.15, -0.1) is 0 Å². The van der Waals surface area contributed by atoms with Crippen LogP contribution in [0.15, 0.2) is 24.4 Å². The highest BCUT2D eigenvalue weighted by Gasteiger charge is 2.21. The second-order valence-corrected chi connectivity index (χ2v) is 4.17. The predicted molar refractivity (Wildman–Crippen MR) is 66.7 cm³/mol. The quantitative estimate of drug-likeness (QED) is 0.846. The summed E-state index contributed by atoms with van der Waals surface area (Å²) in [5.74, 6) is 0.771. The summed E-state index contributed by atoms with van der Waals surface area (Å²) in [7, 11) is 0. The Kier molecular flexibility index (Phi) is 4.35. The number of anilines is 1. The van der Waals surface area contributed by atoms with Gasteiger partial charge in [0, 0.05) is 25.9 Å². The molecular formula is C12H17N3O3. The Bertz CT molecular complexity index is 385. The number of hydrogen-bond donors (Lipinski definition) is 2. The van der Waals surface area contributed by atoms with E-state index in [4.69, 9.17) is 9.84 Å². The predicted octanol–water partition coefficient (Wildman–Crippen LogP) is 1.26. The molecule has 0 aromatic carbocycles. The van der Waals surface area contributed by atoms with Crippen LogP contribution in [-0.2, 0) is 4.74 Å². The molecule has 0 saturated carbocycles. The van der Waals surface area contributed by atoms with Gasteiger partial charge in [0.2, 0.25) is 0 Å². The molecule has 1 aliphatic heterocycles. The molecule has 1 amide bonds. The van der Waals surface area contributed by atoms with Crippen molar-refractivity contribution in [3.8, 4) is 0 Å². The van der Waals surface area contributed by atoms with Crippen LogP contribution in [0.25, 0.3) is 0 Å². The van der Waals surface area contributed by atoms with Crippen LogP contribution in [0.3, 0.4) is 0 Å². The normalized spacial score (nSPS) is 20.2. The average molecular weight is 251 g/mol. The summed E-state index contributed by atoms with van der Waals surface area (Å²) in [6.07, 6.45) is 1.43. The smallest absolute Gasteiger partial charge is 0.407 e. The van der Waals surface area contributed by atoms with Crippen LogP contribution in [0.1, 0.15) is 6.42 Å². The van der Waals surface area contributed by atoms with Gasteiger partial charge in [-0.3, -0.25) is 0 Å². The van der Waals surface area contributed by atoms with Crippen molar-refractivity contribution in [2.75, 3.05) is 31.6 Å². The van der Waals surface area contributed by atoms with Crippen molar-refractivity contribution in [3.05, 3.63) is 24.4 Å². The summed E-state index contributed by atoms with van der Waals surface area (Å²) >= 11 is 0. The molecule has 0 bridgehead atoms. The molecule has 0 spiro atoms. The lowest BCUT2D eigenvalue weighted by atomic mass is 10.3. The molecule has 2 heterocycles. The Morgan fingerprint density at radius 2 is 2.50 bits per heavy atom. The second-order valence-electron chi connectivity index (χ2n) is 4.17. The van der Waals surface area contributed by atoms with Gasteiger partial charge in [-0.2, -0.15) is 0 Å².